The Morgan fingerprint density at radius 1 is 1.10 bits per heavy atom. The highest BCUT2D eigenvalue weighted by molar-refractivity contribution is 5.79. The average Bonchev–Trinajstić information content (AvgIpc) is 2.96. The van der Waals surface area contributed by atoms with Crippen LogP contribution >= 0.6 is 0 Å². The van der Waals surface area contributed by atoms with Gasteiger partial charge in [-0.2, -0.15) is 0 Å². The van der Waals surface area contributed by atoms with Crippen LogP contribution in [0, 0.1) is 0 Å². The van der Waals surface area contributed by atoms with Crippen molar-refractivity contribution in [1.29, 1.82) is 0 Å². The molecule has 0 aliphatic carbocycles. The third kappa shape index (κ3) is 2.68. The zero-order chi connectivity index (χ0) is 14.7. The van der Waals surface area contributed by atoms with E-state index >= 15 is 0 Å². The van der Waals surface area contributed by atoms with Crippen LogP contribution in [0.25, 0.3) is 16.7 Å². The van der Waals surface area contributed by atoms with Crippen LogP contribution in [0.15, 0.2) is 48.8 Å². The molecule has 108 valence electrons. The van der Waals surface area contributed by atoms with Gasteiger partial charge in [-0.1, -0.05) is 0 Å². The van der Waals surface area contributed by atoms with Crippen molar-refractivity contribution in [2.45, 2.75) is 0 Å². The molecule has 0 fully saturated rings. The number of ether oxygens (including phenoxy) is 2. The molecule has 0 unspecified atom stereocenters. The minimum absolute atomic E-state index is 0.00967. The molecule has 1 N–H and O–H groups in total. The number of hydrogen-bond acceptors (Lipinski definition) is 4. The van der Waals surface area contributed by atoms with E-state index in [1.165, 1.54) is 0 Å². The number of aromatic nitrogens is 2. The first kappa shape index (κ1) is 13.5. The van der Waals surface area contributed by atoms with E-state index in [0.29, 0.717) is 6.61 Å². The molecule has 0 saturated heterocycles. The second-order valence-corrected chi connectivity index (χ2v) is 4.54. The van der Waals surface area contributed by atoms with E-state index in [1.807, 2.05) is 47.0 Å². The largest absolute Gasteiger partial charge is 0.497 e. The van der Waals surface area contributed by atoms with Gasteiger partial charge in [-0.05, 0) is 36.4 Å². The summed E-state index contributed by atoms with van der Waals surface area (Å²) in [6.07, 6.45) is 1.79. The Hall–Kier alpha value is -2.53. The van der Waals surface area contributed by atoms with Crippen molar-refractivity contribution in [3.63, 3.8) is 0 Å². The molecule has 0 amide bonds. The van der Waals surface area contributed by atoms with Gasteiger partial charge in [0, 0.05) is 11.8 Å². The highest BCUT2D eigenvalue weighted by atomic mass is 16.5. The van der Waals surface area contributed by atoms with Gasteiger partial charge in [0.15, 0.2) is 0 Å². The highest BCUT2D eigenvalue weighted by Gasteiger charge is 2.06. The average molecular weight is 284 g/mol. The molecule has 0 aliphatic rings. The van der Waals surface area contributed by atoms with E-state index in [0.717, 1.165) is 28.2 Å². The van der Waals surface area contributed by atoms with Crippen molar-refractivity contribution < 1.29 is 14.6 Å². The topological polar surface area (TPSA) is 56.5 Å². The van der Waals surface area contributed by atoms with Gasteiger partial charge in [0.2, 0.25) is 0 Å². The number of rotatable bonds is 5. The maximum atomic E-state index is 8.75. The molecule has 0 atom stereocenters. The fraction of sp³-hybridized carbons (Fsp3) is 0.188. The third-order valence-corrected chi connectivity index (χ3v) is 3.23. The summed E-state index contributed by atoms with van der Waals surface area (Å²) in [5.41, 5.74) is 2.90. The van der Waals surface area contributed by atoms with E-state index in [4.69, 9.17) is 14.6 Å². The predicted octanol–water partition coefficient (Wildman–Crippen LogP) is 2.41. The van der Waals surface area contributed by atoms with Gasteiger partial charge >= 0.3 is 0 Å². The van der Waals surface area contributed by atoms with Crippen molar-refractivity contribution in [1.82, 2.24) is 9.55 Å². The van der Waals surface area contributed by atoms with E-state index < -0.39 is 0 Å². The molecular weight excluding hydrogens is 268 g/mol. The minimum atomic E-state index is 0.00967. The quantitative estimate of drug-likeness (QED) is 0.781. The van der Waals surface area contributed by atoms with Crippen LogP contribution in [-0.2, 0) is 0 Å². The Labute approximate surface area is 122 Å². The number of methoxy groups -OCH3 is 1. The summed E-state index contributed by atoms with van der Waals surface area (Å²) < 4.78 is 12.6. The third-order valence-electron chi connectivity index (χ3n) is 3.23. The summed E-state index contributed by atoms with van der Waals surface area (Å²) in [7, 11) is 1.64. The first-order valence-electron chi connectivity index (χ1n) is 6.67. The number of benzene rings is 2. The Kier molecular flexibility index (Phi) is 3.75. The van der Waals surface area contributed by atoms with Crippen molar-refractivity contribution in [3.8, 4) is 17.2 Å². The number of fused-ring (bicyclic) bond motifs is 1. The lowest BCUT2D eigenvalue weighted by atomic mass is 10.2. The van der Waals surface area contributed by atoms with E-state index in [9.17, 15) is 0 Å². The monoisotopic (exact) mass is 284 g/mol. The molecule has 0 spiro atoms. The first-order chi connectivity index (χ1) is 10.3. The van der Waals surface area contributed by atoms with Crippen LogP contribution < -0.4 is 9.47 Å². The Balaban J connectivity index is 1.93. The fourth-order valence-corrected chi connectivity index (χ4v) is 2.19. The van der Waals surface area contributed by atoms with Gasteiger partial charge in [0.25, 0.3) is 0 Å². The van der Waals surface area contributed by atoms with Crippen LogP contribution in [0.3, 0.4) is 0 Å². The zero-order valence-electron chi connectivity index (χ0n) is 11.7. The molecule has 1 aromatic heterocycles. The van der Waals surface area contributed by atoms with Gasteiger partial charge in [-0.3, -0.25) is 4.57 Å². The Morgan fingerprint density at radius 3 is 2.57 bits per heavy atom. The smallest absolute Gasteiger partial charge is 0.121 e. The van der Waals surface area contributed by atoms with Gasteiger partial charge < -0.3 is 14.6 Å². The summed E-state index contributed by atoms with van der Waals surface area (Å²) >= 11 is 0. The maximum absolute atomic E-state index is 8.75. The number of nitrogens with zero attached hydrogens (tertiary/aromatic N) is 2. The predicted molar refractivity (Wildman–Crippen MR) is 80.2 cm³/mol. The molecule has 5 heteroatoms. The van der Waals surface area contributed by atoms with Gasteiger partial charge in [0.05, 0.1) is 24.8 Å². The maximum Gasteiger partial charge on any atom is 0.121 e. The van der Waals surface area contributed by atoms with Crippen molar-refractivity contribution >= 4 is 11.0 Å². The molecule has 2 aromatic carbocycles. The lowest BCUT2D eigenvalue weighted by molar-refractivity contribution is 0.201. The molecular formula is C16H16N2O3. The summed E-state index contributed by atoms with van der Waals surface area (Å²) in [5, 5.41) is 8.75. The van der Waals surface area contributed by atoms with Gasteiger partial charge in [-0.15, -0.1) is 0 Å². The molecule has 0 saturated carbocycles. The molecule has 3 aromatic rings. The van der Waals surface area contributed by atoms with Gasteiger partial charge in [-0.25, -0.2) is 4.98 Å². The number of hydrogen-bond donors (Lipinski definition) is 1. The standard InChI is InChI=1S/C16H16N2O3/c1-20-14-6-7-16-15(10-14)17-11-18(16)12-2-4-13(5-3-12)21-9-8-19/h2-7,10-11,19H,8-9H2,1H3. The molecule has 0 bridgehead atoms. The molecule has 3 rings (SSSR count). The molecule has 5 nitrogen and oxygen atoms in total. The normalized spacial score (nSPS) is 10.8. The molecule has 0 aliphatic heterocycles. The van der Waals surface area contributed by atoms with Gasteiger partial charge in [0.1, 0.15) is 24.4 Å². The van der Waals surface area contributed by atoms with Crippen LogP contribution in [0.5, 0.6) is 11.5 Å². The Morgan fingerprint density at radius 2 is 1.86 bits per heavy atom. The van der Waals surface area contributed by atoms with Crippen LogP contribution in [0.4, 0.5) is 0 Å². The number of aliphatic hydroxyl groups is 1. The minimum Gasteiger partial charge on any atom is -0.497 e. The molecule has 1 heterocycles. The summed E-state index contributed by atoms with van der Waals surface area (Å²) in [4.78, 5) is 4.39. The summed E-state index contributed by atoms with van der Waals surface area (Å²) in [6, 6.07) is 13.5. The second-order valence-electron chi connectivity index (χ2n) is 4.54. The summed E-state index contributed by atoms with van der Waals surface area (Å²) in [6.45, 7) is 0.308. The lowest BCUT2D eigenvalue weighted by Gasteiger charge is -2.07. The molecule has 0 radical (unpaired) electrons. The second kappa shape index (κ2) is 5.85. The lowest BCUT2D eigenvalue weighted by Crippen LogP contribution is -2.01. The zero-order valence-corrected chi connectivity index (χ0v) is 11.7. The Bertz CT molecular complexity index is 735. The van der Waals surface area contributed by atoms with Crippen LogP contribution in [0.1, 0.15) is 0 Å². The summed E-state index contributed by atoms with van der Waals surface area (Å²) in [5.74, 6) is 1.53. The highest BCUT2D eigenvalue weighted by Crippen LogP contribution is 2.23. The van der Waals surface area contributed by atoms with Crippen LogP contribution in [0.2, 0.25) is 0 Å². The van der Waals surface area contributed by atoms with E-state index in [1.54, 1.807) is 13.4 Å². The molecule has 21 heavy (non-hydrogen) atoms. The van der Waals surface area contributed by atoms with Crippen molar-refractivity contribution in [2.75, 3.05) is 20.3 Å². The number of imidazole rings is 1. The SMILES string of the molecule is COc1ccc2c(c1)ncn2-c1ccc(OCCO)cc1. The first-order valence-corrected chi connectivity index (χ1v) is 6.67. The van der Waals surface area contributed by atoms with E-state index in [-0.39, 0.29) is 6.61 Å². The van der Waals surface area contributed by atoms with E-state index in [2.05, 4.69) is 4.98 Å². The van der Waals surface area contributed by atoms with Crippen molar-refractivity contribution in [3.05, 3.63) is 48.8 Å². The van der Waals surface area contributed by atoms with Crippen molar-refractivity contribution in [2.24, 2.45) is 0 Å². The number of aliphatic hydroxyl groups excluding tert-OH is 1. The van der Waals surface area contributed by atoms with Crippen LogP contribution in [-0.4, -0.2) is 35.0 Å². The fourth-order valence-electron chi connectivity index (χ4n) is 2.19.